The summed E-state index contributed by atoms with van der Waals surface area (Å²) in [5, 5.41) is 6.68. The summed E-state index contributed by atoms with van der Waals surface area (Å²) in [5.41, 5.74) is 0.344. The molecule has 0 aliphatic carbocycles. The highest BCUT2D eigenvalue weighted by Gasteiger charge is 2.30. The van der Waals surface area contributed by atoms with E-state index >= 15 is 0 Å². The Labute approximate surface area is 186 Å². The smallest absolute Gasteiger partial charge is 0.351 e. The second-order valence-electron chi connectivity index (χ2n) is 7.52. The number of aryl methyl sites for hydroxylation is 2. The molecule has 1 amide bonds. The number of fused-ring (bicyclic) bond motifs is 1. The van der Waals surface area contributed by atoms with E-state index in [1.165, 1.54) is 25.1 Å². The molecule has 0 aliphatic rings. The summed E-state index contributed by atoms with van der Waals surface area (Å²) in [6.45, 7) is 1.80. The van der Waals surface area contributed by atoms with Crippen molar-refractivity contribution in [2.75, 3.05) is 6.54 Å². The Bertz CT molecular complexity index is 1340. The highest BCUT2D eigenvalue weighted by atomic mass is 19.4. The van der Waals surface area contributed by atoms with E-state index in [1.54, 1.807) is 0 Å². The van der Waals surface area contributed by atoms with Crippen LogP contribution in [0.15, 0.2) is 59.4 Å². The van der Waals surface area contributed by atoms with Crippen molar-refractivity contribution in [2.24, 2.45) is 0 Å². The first-order valence-corrected chi connectivity index (χ1v) is 10.2. The van der Waals surface area contributed by atoms with Crippen molar-refractivity contribution < 1.29 is 18.0 Å². The number of H-pyrrole nitrogens is 1. The number of halogens is 3. The predicted octanol–water partition coefficient (Wildman–Crippen LogP) is 3.80. The van der Waals surface area contributed by atoms with Crippen LogP contribution in [-0.4, -0.2) is 32.2 Å². The summed E-state index contributed by atoms with van der Waals surface area (Å²) >= 11 is 0. The molecule has 0 aliphatic heterocycles. The molecule has 0 spiro atoms. The molecule has 0 bridgehead atoms. The monoisotopic (exact) mass is 455 g/mol. The molecule has 4 aromatic rings. The standard InChI is InChI=1S/C23H20F3N5O2/c1-14-12-19(32)21(30-31(14)16-7-4-6-15(13-16)23(24,25)26)22(33)27-11-5-10-20-28-17-8-2-3-9-18(17)29-20/h2-4,6-9,12-13H,5,10-11H2,1H3,(H,27,33)(H,28,29). The summed E-state index contributed by atoms with van der Waals surface area (Å²) in [6, 6.07) is 13.3. The summed E-state index contributed by atoms with van der Waals surface area (Å²) < 4.78 is 40.3. The quantitative estimate of drug-likeness (QED) is 0.433. The Morgan fingerprint density at radius 2 is 1.91 bits per heavy atom. The van der Waals surface area contributed by atoms with Crippen LogP contribution < -0.4 is 10.7 Å². The minimum atomic E-state index is -4.52. The number of aromatic nitrogens is 4. The Kier molecular flexibility index (Phi) is 5.99. The van der Waals surface area contributed by atoms with E-state index in [0.717, 1.165) is 33.7 Å². The van der Waals surface area contributed by atoms with Crippen molar-refractivity contribution in [2.45, 2.75) is 25.9 Å². The lowest BCUT2D eigenvalue weighted by Gasteiger charge is -2.13. The number of amides is 1. The van der Waals surface area contributed by atoms with Crippen LogP contribution in [0.2, 0.25) is 0 Å². The van der Waals surface area contributed by atoms with Crippen LogP contribution in [0.5, 0.6) is 0 Å². The van der Waals surface area contributed by atoms with Crippen LogP contribution in [0, 0.1) is 6.92 Å². The molecular formula is C23H20F3N5O2. The molecule has 0 fully saturated rings. The summed E-state index contributed by atoms with van der Waals surface area (Å²) in [4.78, 5) is 32.5. The van der Waals surface area contributed by atoms with Crippen molar-refractivity contribution in [1.29, 1.82) is 0 Å². The SMILES string of the molecule is Cc1cc(=O)c(C(=O)NCCCc2nc3ccccc3[nH]2)nn1-c1cccc(C(F)(F)F)c1. The van der Waals surface area contributed by atoms with E-state index in [0.29, 0.717) is 18.5 Å². The zero-order chi connectivity index (χ0) is 23.6. The zero-order valence-corrected chi connectivity index (χ0v) is 17.6. The number of imidazole rings is 1. The van der Waals surface area contributed by atoms with Gasteiger partial charge in [0.2, 0.25) is 5.43 Å². The van der Waals surface area contributed by atoms with E-state index in [2.05, 4.69) is 20.4 Å². The summed E-state index contributed by atoms with van der Waals surface area (Å²) in [5.74, 6) is 0.0937. The molecule has 0 radical (unpaired) electrons. The van der Waals surface area contributed by atoms with Crippen molar-refractivity contribution >= 4 is 16.9 Å². The molecule has 170 valence electrons. The van der Waals surface area contributed by atoms with Crippen molar-refractivity contribution in [3.63, 3.8) is 0 Å². The average Bonchev–Trinajstić information content (AvgIpc) is 3.19. The number of para-hydroxylation sites is 2. The van der Waals surface area contributed by atoms with Crippen molar-refractivity contribution in [3.8, 4) is 5.69 Å². The second kappa shape index (κ2) is 8.89. The Morgan fingerprint density at radius 3 is 2.67 bits per heavy atom. The first-order valence-electron chi connectivity index (χ1n) is 10.2. The Hall–Kier alpha value is -3.95. The van der Waals surface area contributed by atoms with Gasteiger partial charge in [-0.15, -0.1) is 0 Å². The van der Waals surface area contributed by atoms with Crippen molar-refractivity contribution in [3.05, 3.63) is 87.6 Å². The maximum atomic E-state index is 13.1. The normalized spacial score (nSPS) is 11.6. The molecule has 2 aromatic heterocycles. The van der Waals surface area contributed by atoms with Gasteiger partial charge in [-0.3, -0.25) is 9.59 Å². The molecule has 4 rings (SSSR count). The summed E-state index contributed by atoms with van der Waals surface area (Å²) in [7, 11) is 0. The van der Waals surface area contributed by atoms with Gasteiger partial charge in [0.15, 0.2) is 5.69 Å². The third-order valence-electron chi connectivity index (χ3n) is 5.05. The maximum absolute atomic E-state index is 13.1. The van der Waals surface area contributed by atoms with Crippen LogP contribution in [0.25, 0.3) is 16.7 Å². The number of hydrogen-bond donors (Lipinski definition) is 2. The number of hydrogen-bond acceptors (Lipinski definition) is 4. The second-order valence-corrected chi connectivity index (χ2v) is 7.52. The van der Waals surface area contributed by atoms with Gasteiger partial charge in [-0.1, -0.05) is 18.2 Å². The molecule has 0 saturated heterocycles. The van der Waals surface area contributed by atoms with Gasteiger partial charge in [0.1, 0.15) is 5.82 Å². The number of carbonyl (C=O) groups excluding carboxylic acids is 1. The number of alkyl halides is 3. The summed E-state index contributed by atoms with van der Waals surface area (Å²) in [6.07, 6.45) is -3.37. The highest BCUT2D eigenvalue weighted by Crippen LogP contribution is 2.30. The molecular weight excluding hydrogens is 435 g/mol. The topological polar surface area (TPSA) is 92.7 Å². The lowest BCUT2D eigenvalue weighted by atomic mass is 10.2. The lowest BCUT2D eigenvalue weighted by molar-refractivity contribution is -0.137. The molecule has 33 heavy (non-hydrogen) atoms. The van der Waals surface area contributed by atoms with Gasteiger partial charge < -0.3 is 10.3 Å². The molecule has 0 atom stereocenters. The molecule has 2 aromatic carbocycles. The van der Waals surface area contributed by atoms with Gasteiger partial charge in [-0.2, -0.15) is 18.3 Å². The van der Waals surface area contributed by atoms with Gasteiger partial charge in [0, 0.05) is 24.7 Å². The van der Waals surface area contributed by atoms with Crippen molar-refractivity contribution in [1.82, 2.24) is 25.1 Å². The number of nitrogens with zero attached hydrogens (tertiary/aromatic N) is 3. The molecule has 7 nitrogen and oxygen atoms in total. The van der Waals surface area contributed by atoms with Crippen LogP contribution >= 0.6 is 0 Å². The zero-order valence-electron chi connectivity index (χ0n) is 17.6. The first-order chi connectivity index (χ1) is 15.7. The number of rotatable bonds is 6. The van der Waals surface area contributed by atoms with Gasteiger partial charge in [-0.05, 0) is 43.7 Å². The van der Waals surface area contributed by atoms with E-state index in [-0.39, 0.29) is 17.9 Å². The van der Waals surface area contributed by atoms with Crippen LogP contribution in [0.3, 0.4) is 0 Å². The van der Waals surface area contributed by atoms with E-state index in [1.807, 2.05) is 24.3 Å². The largest absolute Gasteiger partial charge is 0.416 e. The maximum Gasteiger partial charge on any atom is 0.416 e. The fourth-order valence-corrected chi connectivity index (χ4v) is 3.45. The predicted molar refractivity (Wildman–Crippen MR) is 116 cm³/mol. The Balaban J connectivity index is 1.46. The van der Waals surface area contributed by atoms with Gasteiger partial charge >= 0.3 is 6.18 Å². The van der Waals surface area contributed by atoms with Gasteiger partial charge in [0.25, 0.3) is 5.91 Å². The van der Waals surface area contributed by atoms with E-state index in [9.17, 15) is 22.8 Å². The van der Waals surface area contributed by atoms with Gasteiger partial charge in [-0.25, -0.2) is 9.67 Å². The van der Waals surface area contributed by atoms with Crippen LogP contribution in [0.4, 0.5) is 13.2 Å². The number of carbonyl (C=O) groups is 1. The van der Waals surface area contributed by atoms with Crippen LogP contribution in [0.1, 0.15) is 34.0 Å². The number of nitrogens with one attached hydrogen (secondary N) is 2. The number of benzene rings is 2. The molecule has 0 unspecified atom stereocenters. The molecule has 2 N–H and O–H groups in total. The average molecular weight is 455 g/mol. The fraction of sp³-hybridized carbons (Fsp3) is 0.217. The third kappa shape index (κ3) is 4.94. The van der Waals surface area contributed by atoms with Crippen LogP contribution in [-0.2, 0) is 12.6 Å². The first kappa shape index (κ1) is 22.3. The molecule has 2 heterocycles. The van der Waals surface area contributed by atoms with E-state index < -0.39 is 23.1 Å². The lowest BCUT2D eigenvalue weighted by Crippen LogP contribution is -2.32. The number of aromatic amines is 1. The van der Waals surface area contributed by atoms with Gasteiger partial charge in [0.05, 0.1) is 22.3 Å². The highest BCUT2D eigenvalue weighted by molar-refractivity contribution is 5.92. The fourth-order valence-electron chi connectivity index (χ4n) is 3.45. The minimum Gasteiger partial charge on any atom is -0.351 e. The Morgan fingerprint density at radius 1 is 1.12 bits per heavy atom. The third-order valence-corrected chi connectivity index (χ3v) is 5.05. The molecule has 10 heteroatoms. The van der Waals surface area contributed by atoms with E-state index in [4.69, 9.17) is 0 Å². The molecule has 0 saturated carbocycles. The minimum absolute atomic E-state index is 0.0984.